The highest BCUT2D eigenvalue weighted by Crippen LogP contribution is 2.44. The average Bonchev–Trinajstić information content (AvgIpc) is 3.72. The molecule has 0 amide bonds. The number of aryl methyl sites for hydroxylation is 2. The van der Waals surface area contributed by atoms with Crippen molar-refractivity contribution in [3.63, 3.8) is 0 Å². The highest BCUT2D eigenvalue weighted by molar-refractivity contribution is 6.26. The number of rotatable bonds is 6. The standard InChI is InChI=1S/C52H37N3/c1-34-14-9-11-22-48(34)53(40-16-5-3-6-17-40)42-26-24-36-30-46-44-20-13-21-45-47-31-37-25-27-43(54(41-18-7-4-8-19-41)49-23-12-10-15-35(49)2)29-39(37)33-51(47)55(52(44)45)50(46)32-38(36)28-42/h3-33H,1-2H3. The Balaban J connectivity index is 1.13. The second-order valence-electron chi connectivity index (χ2n) is 14.8. The van der Waals surface area contributed by atoms with Crippen LogP contribution in [0.25, 0.3) is 59.6 Å². The monoisotopic (exact) mass is 703 g/mol. The van der Waals surface area contributed by atoms with Gasteiger partial charge in [-0.15, -0.1) is 0 Å². The number of benzene rings is 9. The van der Waals surface area contributed by atoms with Gasteiger partial charge in [0.15, 0.2) is 0 Å². The first-order valence-electron chi connectivity index (χ1n) is 19.0. The van der Waals surface area contributed by atoms with Crippen LogP contribution in [0.15, 0.2) is 188 Å². The summed E-state index contributed by atoms with van der Waals surface area (Å²) in [6.07, 6.45) is 0. The molecule has 11 rings (SSSR count). The summed E-state index contributed by atoms with van der Waals surface area (Å²) in [5.41, 5.74) is 13.1. The molecule has 0 aliphatic rings. The molecule has 55 heavy (non-hydrogen) atoms. The first-order valence-corrected chi connectivity index (χ1v) is 19.0. The molecule has 0 radical (unpaired) electrons. The van der Waals surface area contributed by atoms with Gasteiger partial charge in [0.05, 0.1) is 16.6 Å². The number of aromatic nitrogens is 1. The van der Waals surface area contributed by atoms with Gasteiger partial charge >= 0.3 is 0 Å². The number of nitrogens with zero attached hydrogens (tertiary/aromatic N) is 3. The summed E-state index contributed by atoms with van der Waals surface area (Å²) in [6.45, 7) is 4.38. The maximum absolute atomic E-state index is 2.51. The van der Waals surface area contributed by atoms with Crippen LogP contribution < -0.4 is 9.80 Å². The van der Waals surface area contributed by atoms with E-state index >= 15 is 0 Å². The minimum absolute atomic E-state index is 1.14. The highest BCUT2D eigenvalue weighted by atomic mass is 15.1. The van der Waals surface area contributed by atoms with E-state index in [0.29, 0.717) is 0 Å². The van der Waals surface area contributed by atoms with E-state index in [1.807, 2.05) is 0 Å². The zero-order valence-corrected chi connectivity index (χ0v) is 30.7. The Morgan fingerprint density at radius 2 is 0.764 bits per heavy atom. The van der Waals surface area contributed by atoms with Gasteiger partial charge in [-0.05, 0) is 131 Å². The van der Waals surface area contributed by atoms with Crippen LogP contribution in [0.1, 0.15) is 11.1 Å². The van der Waals surface area contributed by atoms with Crippen molar-refractivity contribution in [3.8, 4) is 0 Å². The third kappa shape index (κ3) is 4.90. The van der Waals surface area contributed by atoms with Crippen LogP contribution in [-0.2, 0) is 0 Å². The lowest BCUT2D eigenvalue weighted by atomic mass is 10.0. The average molecular weight is 704 g/mol. The van der Waals surface area contributed by atoms with Crippen molar-refractivity contribution >= 4 is 93.8 Å². The summed E-state index contributed by atoms with van der Waals surface area (Å²) in [5, 5.41) is 10.1. The van der Waals surface area contributed by atoms with E-state index in [9.17, 15) is 0 Å². The van der Waals surface area contributed by atoms with Crippen LogP contribution in [0.2, 0.25) is 0 Å². The number of fused-ring (bicyclic) bond motifs is 8. The highest BCUT2D eigenvalue weighted by Gasteiger charge is 2.21. The molecule has 2 heterocycles. The molecule has 0 fully saturated rings. The van der Waals surface area contributed by atoms with E-state index in [2.05, 4.69) is 216 Å². The van der Waals surface area contributed by atoms with Crippen molar-refractivity contribution in [2.45, 2.75) is 13.8 Å². The van der Waals surface area contributed by atoms with Crippen LogP contribution in [0.3, 0.4) is 0 Å². The first kappa shape index (κ1) is 31.4. The summed E-state index contributed by atoms with van der Waals surface area (Å²) < 4.78 is 2.51. The fraction of sp³-hybridized carbons (Fsp3) is 0.0385. The number of hydrogen-bond donors (Lipinski definition) is 0. The van der Waals surface area contributed by atoms with Crippen molar-refractivity contribution in [1.29, 1.82) is 0 Å². The maximum atomic E-state index is 2.51. The largest absolute Gasteiger partial charge is 0.310 e. The Labute approximate surface area is 319 Å². The van der Waals surface area contributed by atoms with Gasteiger partial charge in [-0.2, -0.15) is 0 Å². The Morgan fingerprint density at radius 1 is 0.327 bits per heavy atom. The Kier molecular flexibility index (Phi) is 6.99. The predicted molar refractivity (Wildman–Crippen MR) is 235 cm³/mol. The van der Waals surface area contributed by atoms with Gasteiger partial charge in [-0.25, -0.2) is 0 Å². The zero-order valence-electron chi connectivity index (χ0n) is 30.7. The molecule has 260 valence electrons. The lowest BCUT2D eigenvalue weighted by Gasteiger charge is -2.27. The van der Waals surface area contributed by atoms with Crippen molar-refractivity contribution in [2.24, 2.45) is 0 Å². The molecule has 0 saturated carbocycles. The molecule has 0 N–H and O–H groups in total. The van der Waals surface area contributed by atoms with E-state index in [-0.39, 0.29) is 0 Å². The molecule has 0 spiro atoms. The third-order valence-corrected chi connectivity index (χ3v) is 11.5. The molecule has 2 aromatic heterocycles. The molecule has 0 unspecified atom stereocenters. The van der Waals surface area contributed by atoms with Crippen molar-refractivity contribution < 1.29 is 0 Å². The van der Waals surface area contributed by atoms with Gasteiger partial charge in [-0.3, -0.25) is 0 Å². The molecule has 3 nitrogen and oxygen atoms in total. The molecule has 9 aromatic carbocycles. The zero-order chi connectivity index (χ0) is 36.6. The molecule has 0 bridgehead atoms. The molecular weight excluding hydrogens is 667 g/mol. The SMILES string of the molecule is Cc1ccccc1N(c1ccccc1)c1ccc2cc3c4cccc5c6cc7ccc(N(c8ccccc8)c8ccccc8C)cc7cc6n(c3cc2c1)c45. The molecule has 0 atom stereocenters. The van der Waals surface area contributed by atoms with Crippen molar-refractivity contribution in [2.75, 3.05) is 9.80 Å². The molecular formula is C52H37N3. The van der Waals surface area contributed by atoms with E-state index in [4.69, 9.17) is 0 Å². The number of anilines is 6. The molecule has 0 aliphatic heterocycles. The lowest BCUT2D eigenvalue weighted by molar-refractivity contribution is 1.25. The lowest BCUT2D eigenvalue weighted by Crippen LogP contribution is -2.11. The van der Waals surface area contributed by atoms with Gasteiger partial charge in [0.2, 0.25) is 0 Å². The van der Waals surface area contributed by atoms with Crippen molar-refractivity contribution in [1.82, 2.24) is 4.40 Å². The topological polar surface area (TPSA) is 10.9 Å². The Bertz CT molecular complexity index is 3020. The summed E-state index contributed by atoms with van der Waals surface area (Å²) in [5.74, 6) is 0. The molecule has 0 aliphatic carbocycles. The number of para-hydroxylation sites is 5. The molecule has 0 saturated heterocycles. The van der Waals surface area contributed by atoms with Crippen LogP contribution in [0.5, 0.6) is 0 Å². The first-order chi connectivity index (χ1) is 27.1. The number of hydrogen-bond acceptors (Lipinski definition) is 2. The third-order valence-electron chi connectivity index (χ3n) is 11.5. The van der Waals surface area contributed by atoms with Crippen LogP contribution in [0, 0.1) is 13.8 Å². The van der Waals surface area contributed by atoms with Gasteiger partial charge < -0.3 is 14.2 Å². The van der Waals surface area contributed by atoms with E-state index < -0.39 is 0 Å². The van der Waals surface area contributed by atoms with Crippen LogP contribution in [-0.4, -0.2) is 4.40 Å². The smallest absolute Gasteiger partial charge is 0.0620 e. The van der Waals surface area contributed by atoms with E-state index in [1.54, 1.807) is 0 Å². The second kappa shape index (κ2) is 12.2. The fourth-order valence-electron chi connectivity index (χ4n) is 8.85. The van der Waals surface area contributed by atoms with Crippen LogP contribution >= 0.6 is 0 Å². The summed E-state index contributed by atoms with van der Waals surface area (Å²) in [7, 11) is 0. The summed E-state index contributed by atoms with van der Waals surface area (Å²) in [4.78, 5) is 4.75. The van der Waals surface area contributed by atoms with Crippen LogP contribution in [0.4, 0.5) is 34.1 Å². The van der Waals surface area contributed by atoms with Gasteiger partial charge in [-0.1, -0.05) is 103 Å². The minimum Gasteiger partial charge on any atom is -0.310 e. The second-order valence-corrected chi connectivity index (χ2v) is 14.8. The fourth-order valence-corrected chi connectivity index (χ4v) is 8.85. The Hall–Kier alpha value is -7.10. The van der Waals surface area contributed by atoms with E-state index in [0.717, 1.165) is 22.7 Å². The van der Waals surface area contributed by atoms with Crippen molar-refractivity contribution in [3.05, 3.63) is 199 Å². The maximum Gasteiger partial charge on any atom is 0.0620 e. The molecule has 11 aromatic rings. The van der Waals surface area contributed by atoms with Gasteiger partial charge in [0, 0.05) is 55.7 Å². The quantitative estimate of drug-likeness (QED) is 0.171. The van der Waals surface area contributed by atoms with Gasteiger partial charge in [0.25, 0.3) is 0 Å². The minimum atomic E-state index is 1.14. The summed E-state index contributed by atoms with van der Waals surface area (Å²) >= 11 is 0. The molecule has 3 heteroatoms. The predicted octanol–water partition coefficient (Wildman–Crippen LogP) is 14.7. The Morgan fingerprint density at radius 3 is 1.22 bits per heavy atom. The van der Waals surface area contributed by atoms with Gasteiger partial charge in [0.1, 0.15) is 0 Å². The van der Waals surface area contributed by atoms with E-state index in [1.165, 1.54) is 82.1 Å². The summed E-state index contributed by atoms with van der Waals surface area (Å²) in [6, 6.07) is 68.8. The normalized spacial score (nSPS) is 11.8.